The average Bonchev–Trinajstić information content (AvgIpc) is 2.54. The summed E-state index contributed by atoms with van der Waals surface area (Å²) in [7, 11) is -1.94. The summed E-state index contributed by atoms with van der Waals surface area (Å²) < 4.78 is 33.0. The van der Waals surface area contributed by atoms with Crippen molar-refractivity contribution in [2.24, 2.45) is 11.8 Å². The minimum absolute atomic E-state index is 0.309. The molecule has 4 nitrogen and oxygen atoms in total. The first kappa shape index (κ1) is 15.8. The molecule has 0 spiro atoms. The summed E-state index contributed by atoms with van der Waals surface area (Å²) in [5.41, 5.74) is 0.937. The molecule has 2 fully saturated rings. The second kappa shape index (κ2) is 6.20. The van der Waals surface area contributed by atoms with Gasteiger partial charge >= 0.3 is 0 Å². The summed E-state index contributed by atoms with van der Waals surface area (Å²) in [5.74, 6) is 1.70. The van der Waals surface area contributed by atoms with E-state index in [0.717, 1.165) is 17.9 Å². The first-order chi connectivity index (χ1) is 10.5. The fraction of sp³-hybridized carbons (Fsp3) is 0.647. The van der Waals surface area contributed by atoms with Gasteiger partial charge in [0.25, 0.3) is 0 Å². The Bertz CT molecular complexity index is 641. The fourth-order valence-corrected chi connectivity index (χ4v) is 5.66. The molecule has 0 radical (unpaired) electrons. The van der Waals surface area contributed by atoms with E-state index in [9.17, 15) is 8.42 Å². The number of rotatable bonds is 3. The molecule has 1 aromatic carbocycles. The molecular weight excluding hydrogens is 298 g/mol. The molecule has 22 heavy (non-hydrogen) atoms. The molecule has 1 aliphatic heterocycles. The molecule has 3 rings (SSSR count). The van der Waals surface area contributed by atoms with Crippen LogP contribution in [0.1, 0.15) is 37.7 Å². The lowest BCUT2D eigenvalue weighted by Crippen LogP contribution is -2.44. The first-order valence-electron chi connectivity index (χ1n) is 8.17. The molecule has 1 aliphatic carbocycles. The summed E-state index contributed by atoms with van der Waals surface area (Å²) in [6, 6.07) is 5.35. The Balaban J connectivity index is 1.88. The normalized spacial score (nSPS) is 26.5. The molecule has 2 aliphatic rings. The van der Waals surface area contributed by atoms with Gasteiger partial charge in [-0.2, -0.15) is 4.31 Å². The van der Waals surface area contributed by atoms with Gasteiger partial charge in [0.2, 0.25) is 10.0 Å². The topological polar surface area (TPSA) is 46.6 Å². The molecule has 1 aromatic rings. The monoisotopic (exact) mass is 323 g/mol. The van der Waals surface area contributed by atoms with Crippen LogP contribution in [0, 0.1) is 18.8 Å². The standard InChI is InChI=1S/C17H25NO3S/c1-13-7-8-16(21-2)17(11-13)22(19,20)18-10-9-14-5-3-4-6-15(14)12-18/h7-8,11,14-15H,3-6,9-10,12H2,1-2H3/t14-,15-/m1/s1. The van der Waals surface area contributed by atoms with E-state index in [4.69, 9.17) is 4.74 Å². The van der Waals surface area contributed by atoms with E-state index in [1.807, 2.05) is 13.0 Å². The van der Waals surface area contributed by atoms with E-state index < -0.39 is 10.0 Å². The van der Waals surface area contributed by atoms with Crippen LogP contribution in [0.3, 0.4) is 0 Å². The van der Waals surface area contributed by atoms with Crippen LogP contribution in [-0.2, 0) is 10.0 Å². The summed E-state index contributed by atoms with van der Waals surface area (Å²) in [5, 5.41) is 0. The SMILES string of the molecule is COc1ccc(C)cc1S(=O)(=O)N1CC[C@H]2CCCC[C@@H]2C1. The third kappa shape index (κ3) is 2.88. The average molecular weight is 323 g/mol. The lowest BCUT2D eigenvalue weighted by molar-refractivity contribution is 0.136. The van der Waals surface area contributed by atoms with Crippen molar-refractivity contribution in [3.63, 3.8) is 0 Å². The van der Waals surface area contributed by atoms with Crippen molar-refractivity contribution in [1.29, 1.82) is 0 Å². The minimum Gasteiger partial charge on any atom is -0.495 e. The Morgan fingerprint density at radius 1 is 1.14 bits per heavy atom. The smallest absolute Gasteiger partial charge is 0.246 e. The molecule has 1 saturated carbocycles. The quantitative estimate of drug-likeness (QED) is 0.858. The minimum atomic E-state index is -3.47. The number of hydrogen-bond acceptors (Lipinski definition) is 3. The number of aryl methyl sites for hydroxylation is 1. The number of piperidine rings is 1. The zero-order valence-corrected chi connectivity index (χ0v) is 14.2. The third-order valence-corrected chi connectivity index (χ3v) is 7.08. The number of methoxy groups -OCH3 is 1. The van der Waals surface area contributed by atoms with Crippen LogP contribution >= 0.6 is 0 Å². The number of ether oxygens (including phenoxy) is 1. The molecular formula is C17H25NO3S. The van der Waals surface area contributed by atoms with Crippen molar-refractivity contribution < 1.29 is 13.2 Å². The molecule has 122 valence electrons. The highest BCUT2D eigenvalue weighted by Gasteiger charge is 2.37. The molecule has 0 aromatic heterocycles. The summed E-state index contributed by atoms with van der Waals surface area (Å²) in [6.07, 6.45) is 5.98. The predicted octanol–water partition coefficient (Wildman–Crippen LogP) is 3.20. The van der Waals surface area contributed by atoms with E-state index >= 15 is 0 Å². The number of nitrogens with zero attached hydrogens (tertiary/aromatic N) is 1. The number of sulfonamides is 1. The molecule has 2 atom stereocenters. The highest BCUT2D eigenvalue weighted by atomic mass is 32.2. The van der Waals surface area contributed by atoms with Crippen molar-refractivity contribution in [2.75, 3.05) is 20.2 Å². The Morgan fingerprint density at radius 2 is 1.86 bits per heavy atom. The zero-order valence-electron chi connectivity index (χ0n) is 13.4. The summed E-state index contributed by atoms with van der Waals surface area (Å²) >= 11 is 0. The van der Waals surface area contributed by atoms with Gasteiger partial charge in [-0.3, -0.25) is 0 Å². The van der Waals surface area contributed by atoms with Gasteiger partial charge in [0.1, 0.15) is 10.6 Å². The van der Waals surface area contributed by atoms with Crippen LogP contribution in [0.4, 0.5) is 0 Å². The molecule has 0 amide bonds. The van der Waals surface area contributed by atoms with E-state index in [1.54, 1.807) is 16.4 Å². The van der Waals surface area contributed by atoms with Crippen LogP contribution in [-0.4, -0.2) is 32.9 Å². The highest BCUT2D eigenvalue weighted by Crippen LogP contribution is 2.38. The highest BCUT2D eigenvalue weighted by molar-refractivity contribution is 7.89. The van der Waals surface area contributed by atoms with Crippen molar-refractivity contribution in [3.8, 4) is 5.75 Å². The van der Waals surface area contributed by atoms with Crippen molar-refractivity contribution in [2.45, 2.75) is 43.9 Å². The van der Waals surface area contributed by atoms with Crippen LogP contribution in [0.25, 0.3) is 0 Å². The Kier molecular flexibility index (Phi) is 4.46. The fourth-order valence-electron chi connectivity index (χ4n) is 3.91. The maximum atomic E-state index is 13.0. The van der Waals surface area contributed by atoms with Gasteiger partial charge in [0.15, 0.2) is 0 Å². The predicted molar refractivity (Wildman–Crippen MR) is 86.6 cm³/mol. The van der Waals surface area contributed by atoms with E-state index in [1.165, 1.54) is 32.8 Å². The number of fused-ring (bicyclic) bond motifs is 1. The van der Waals surface area contributed by atoms with Gasteiger partial charge < -0.3 is 4.74 Å². The van der Waals surface area contributed by atoms with Crippen LogP contribution in [0.2, 0.25) is 0 Å². The number of hydrogen-bond donors (Lipinski definition) is 0. The van der Waals surface area contributed by atoms with Gasteiger partial charge in [-0.05, 0) is 49.3 Å². The van der Waals surface area contributed by atoms with Crippen LogP contribution in [0.5, 0.6) is 5.75 Å². The second-order valence-corrected chi connectivity index (χ2v) is 8.52. The Hall–Kier alpha value is -1.07. The van der Waals surface area contributed by atoms with Crippen molar-refractivity contribution >= 4 is 10.0 Å². The van der Waals surface area contributed by atoms with Gasteiger partial charge in [0, 0.05) is 13.1 Å². The molecule has 5 heteroatoms. The zero-order chi connectivity index (χ0) is 15.7. The van der Waals surface area contributed by atoms with Gasteiger partial charge in [-0.1, -0.05) is 25.3 Å². The molecule has 0 unspecified atom stereocenters. The summed E-state index contributed by atoms with van der Waals surface area (Å²) in [4.78, 5) is 0.309. The van der Waals surface area contributed by atoms with E-state index in [0.29, 0.717) is 29.7 Å². The number of benzene rings is 1. The van der Waals surface area contributed by atoms with Crippen LogP contribution < -0.4 is 4.74 Å². The molecule has 1 saturated heterocycles. The lowest BCUT2D eigenvalue weighted by atomic mass is 9.76. The van der Waals surface area contributed by atoms with Gasteiger partial charge in [0.05, 0.1) is 7.11 Å². The van der Waals surface area contributed by atoms with Crippen molar-refractivity contribution in [3.05, 3.63) is 23.8 Å². The molecule has 1 heterocycles. The van der Waals surface area contributed by atoms with Crippen molar-refractivity contribution in [1.82, 2.24) is 4.31 Å². The Morgan fingerprint density at radius 3 is 2.59 bits per heavy atom. The van der Waals surface area contributed by atoms with E-state index in [-0.39, 0.29) is 0 Å². The van der Waals surface area contributed by atoms with E-state index in [2.05, 4.69) is 0 Å². The first-order valence-corrected chi connectivity index (χ1v) is 9.61. The molecule has 0 bridgehead atoms. The van der Waals surface area contributed by atoms with Crippen LogP contribution in [0.15, 0.2) is 23.1 Å². The maximum absolute atomic E-state index is 13.0. The summed E-state index contributed by atoms with van der Waals surface area (Å²) in [6.45, 7) is 3.22. The largest absolute Gasteiger partial charge is 0.495 e. The lowest BCUT2D eigenvalue weighted by Gasteiger charge is -2.40. The third-order valence-electron chi connectivity index (χ3n) is 5.19. The Labute approximate surface area is 133 Å². The maximum Gasteiger partial charge on any atom is 0.246 e. The van der Waals surface area contributed by atoms with Gasteiger partial charge in [-0.15, -0.1) is 0 Å². The second-order valence-electron chi connectivity index (χ2n) is 6.61. The van der Waals surface area contributed by atoms with Gasteiger partial charge in [-0.25, -0.2) is 8.42 Å². The molecule has 0 N–H and O–H groups in total.